The highest BCUT2D eigenvalue weighted by atomic mass is 79.9. The summed E-state index contributed by atoms with van der Waals surface area (Å²) in [6.45, 7) is 6.57. The molecular weight excluding hydrogens is 556 g/mol. The topological polar surface area (TPSA) is 92.3 Å². The average Bonchev–Trinajstić information content (AvgIpc) is 3.24. The summed E-state index contributed by atoms with van der Waals surface area (Å²) < 4.78 is 14.1. The van der Waals surface area contributed by atoms with Gasteiger partial charge in [0, 0.05) is 10.6 Å². The summed E-state index contributed by atoms with van der Waals surface area (Å²) in [4.78, 5) is 11.3. The highest BCUT2D eigenvalue weighted by molar-refractivity contribution is 9.10. The van der Waals surface area contributed by atoms with Gasteiger partial charge in [-0.2, -0.15) is 0 Å². The summed E-state index contributed by atoms with van der Waals surface area (Å²) >= 11 is 4.89. The first-order valence-corrected chi connectivity index (χ1v) is 13.4. The van der Waals surface area contributed by atoms with Crippen LogP contribution in [0.4, 0.5) is 0 Å². The molecule has 0 bridgehead atoms. The quantitative estimate of drug-likeness (QED) is 0.110. The number of halogens is 1. The predicted octanol–water partition coefficient (Wildman–Crippen LogP) is 6.73. The molecule has 0 unspecified atom stereocenters. The Labute approximate surface area is 228 Å². The highest BCUT2D eigenvalue weighted by Gasteiger charge is 2.24. The Morgan fingerprint density at radius 2 is 1.76 bits per heavy atom. The number of aromatic nitrogens is 3. The molecule has 0 spiro atoms. The first-order chi connectivity index (χ1) is 17.8. The fraction of sp³-hybridized carbons (Fsp3) is 0.259. The lowest BCUT2D eigenvalue weighted by atomic mass is 10.1. The van der Waals surface area contributed by atoms with Gasteiger partial charge >= 0.3 is 0 Å². The van der Waals surface area contributed by atoms with Gasteiger partial charge in [0.05, 0.1) is 11.1 Å². The Kier molecular flexibility index (Phi) is 8.83. The van der Waals surface area contributed by atoms with Crippen LogP contribution in [0.15, 0.2) is 76.4 Å². The summed E-state index contributed by atoms with van der Waals surface area (Å²) in [5.74, 6) is 2.13. The third-order valence-electron chi connectivity index (χ3n) is 5.61. The number of rotatable bonds is 11. The minimum Gasteiger partial charge on any atom is -0.494 e. The molecule has 8 nitrogen and oxygen atoms in total. The molecule has 0 amide bonds. The molecule has 0 saturated heterocycles. The zero-order chi connectivity index (χ0) is 26.4. The molecule has 3 aromatic carbocycles. The van der Waals surface area contributed by atoms with Crippen LogP contribution in [0.3, 0.4) is 0 Å². The zero-order valence-corrected chi connectivity index (χ0v) is 23.2. The molecule has 37 heavy (non-hydrogen) atoms. The van der Waals surface area contributed by atoms with E-state index in [-0.39, 0.29) is 11.5 Å². The second-order valence-corrected chi connectivity index (χ2v) is 10.4. The van der Waals surface area contributed by atoms with E-state index in [2.05, 4.69) is 26.1 Å². The van der Waals surface area contributed by atoms with Crippen LogP contribution < -0.4 is 9.47 Å². The molecule has 0 aliphatic carbocycles. The Balaban J connectivity index is 1.55. The van der Waals surface area contributed by atoms with Crippen molar-refractivity contribution >= 4 is 27.7 Å². The SMILES string of the molecule is CCOc1ccc(-n2c(C)nnc2S[C@@H](C[N+](=O)[O-])c2ccc(OCc3ccc(C)cc3)c(Br)c2)cc1. The standard InChI is InChI=1S/C27H27BrN4O4S/c1-4-35-23-12-10-22(11-13-23)32-19(3)29-30-27(32)37-26(16-31(33)34)21-9-14-25(24(28)15-21)36-17-20-7-5-18(2)6-8-20/h5-15,26H,4,16-17H2,1-3H3/t26-/m0/s1. The Hall–Kier alpha value is -3.37. The number of hydrogen-bond donors (Lipinski definition) is 0. The van der Waals surface area contributed by atoms with Crippen LogP contribution in [0.1, 0.15) is 34.7 Å². The van der Waals surface area contributed by atoms with Crippen molar-refractivity contribution in [2.45, 2.75) is 37.8 Å². The van der Waals surface area contributed by atoms with Crippen molar-refractivity contribution in [2.75, 3.05) is 13.2 Å². The van der Waals surface area contributed by atoms with E-state index < -0.39 is 5.25 Å². The van der Waals surface area contributed by atoms with Crippen LogP contribution in [-0.2, 0) is 6.61 Å². The number of nitro groups is 1. The van der Waals surface area contributed by atoms with Gasteiger partial charge in [-0.1, -0.05) is 47.7 Å². The monoisotopic (exact) mass is 582 g/mol. The van der Waals surface area contributed by atoms with E-state index >= 15 is 0 Å². The van der Waals surface area contributed by atoms with Gasteiger partial charge in [-0.25, -0.2) is 0 Å². The van der Waals surface area contributed by atoms with Crippen molar-refractivity contribution < 1.29 is 14.4 Å². The highest BCUT2D eigenvalue weighted by Crippen LogP contribution is 2.39. The molecule has 1 aromatic heterocycles. The van der Waals surface area contributed by atoms with Gasteiger partial charge in [0.1, 0.15) is 29.2 Å². The molecule has 1 heterocycles. The first-order valence-electron chi connectivity index (χ1n) is 11.8. The molecule has 0 aliphatic rings. The van der Waals surface area contributed by atoms with Crippen LogP contribution in [0.5, 0.6) is 11.5 Å². The molecule has 4 rings (SSSR count). The summed E-state index contributed by atoms with van der Waals surface area (Å²) in [5.41, 5.74) is 3.90. The van der Waals surface area contributed by atoms with E-state index in [1.54, 1.807) is 0 Å². The fourth-order valence-corrected chi connectivity index (χ4v) is 5.40. The third kappa shape index (κ3) is 6.90. The van der Waals surface area contributed by atoms with Gasteiger partial charge < -0.3 is 9.47 Å². The molecule has 192 valence electrons. The van der Waals surface area contributed by atoms with E-state index in [4.69, 9.17) is 9.47 Å². The second kappa shape index (κ2) is 12.2. The third-order valence-corrected chi connectivity index (χ3v) is 7.41. The summed E-state index contributed by atoms with van der Waals surface area (Å²) in [6.07, 6.45) is 0. The molecule has 0 N–H and O–H groups in total. The van der Waals surface area contributed by atoms with E-state index in [0.717, 1.165) is 27.0 Å². The summed E-state index contributed by atoms with van der Waals surface area (Å²) in [6, 6.07) is 21.3. The van der Waals surface area contributed by atoms with Gasteiger partial charge in [-0.05, 0) is 84.2 Å². The number of nitrogens with zero attached hydrogens (tertiary/aromatic N) is 4. The van der Waals surface area contributed by atoms with Gasteiger partial charge in [-0.3, -0.25) is 14.7 Å². The molecule has 4 aromatic rings. The number of aryl methyl sites for hydroxylation is 2. The maximum absolute atomic E-state index is 11.6. The van der Waals surface area contributed by atoms with Crippen molar-refractivity contribution in [1.29, 1.82) is 0 Å². The van der Waals surface area contributed by atoms with Crippen LogP contribution >= 0.6 is 27.7 Å². The molecule has 1 atom stereocenters. The largest absolute Gasteiger partial charge is 0.494 e. The zero-order valence-electron chi connectivity index (χ0n) is 20.8. The number of benzene rings is 3. The second-order valence-electron chi connectivity index (χ2n) is 8.38. The van der Waals surface area contributed by atoms with Crippen molar-refractivity contribution in [1.82, 2.24) is 14.8 Å². The van der Waals surface area contributed by atoms with Gasteiger partial charge in [-0.15, -0.1) is 10.2 Å². The average molecular weight is 584 g/mol. The van der Waals surface area contributed by atoms with Gasteiger partial charge in [0.2, 0.25) is 6.54 Å². The molecule has 0 radical (unpaired) electrons. The van der Waals surface area contributed by atoms with E-state index in [9.17, 15) is 10.1 Å². The molecule has 0 saturated carbocycles. The van der Waals surface area contributed by atoms with Crippen LogP contribution in [0, 0.1) is 24.0 Å². The van der Waals surface area contributed by atoms with Crippen LogP contribution in [0.2, 0.25) is 0 Å². The normalized spacial score (nSPS) is 11.8. The maximum Gasteiger partial charge on any atom is 0.220 e. The summed E-state index contributed by atoms with van der Waals surface area (Å²) in [5, 5.41) is 20.2. The first kappa shape index (κ1) is 26.7. The molecular formula is C27H27BrN4O4S. The number of ether oxygens (including phenoxy) is 2. The van der Waals surface area contributed by atoms with Crippen LogP contribution in [0.25, 0.3) is 5.69 Å². The molecule has 10 heteroatoms. The molecule has 0 aliphatic heterocycles. The lowest BCUT2D eigenvalue weighted by Crippen LogP contribution is -2.11. The minimum absolute atomic E-state index is 0.268. The maximum atomic E-state index is 11.6. The van der Waals surface area contributed by atoms with Crippen molar-refractivity contribution in [3.8, 4) is 17.2 Å². The van der Waals surface area contributed by atoms with Crippen molar-refractivity contribution in [3.63, 3.8) is 0 Å². The van der Waals surface area contributed by atoms with Crippen LogP contribution in [-0.4, -0.2) is 32.8 Å². The Bertz CT molecular complexity index is 1360. The Morgan fingerprint density at radius 1 is 1.03 bits per heavy atom. The fourth-order valence-electron chi connectivity index (χ4n) is 3.73. The number of thioether (sulfide) groups is 1. The smallest absolute Gasteiger partial charge is 0.220 e. The van der Waals surface area contributed by atoms with E-state index in [1.165, 1.54) is 17.3 Å². The minimum atomic E-state index is -0.484. The van der Waals surface area contributed by atoms with E-state index in [0.29, 0.717) is 29.9 Å². The van der Waals surface area contributed by atoms with Gasteiger partial charge in [0.25, 0.3) is 0 Å². The van der Waals surface area contributed by atoms with Gasteiger partial charge in [0.15, 0.2) is 5.16 Å². The molecule has 0 fully saturated rings. The van der Waals surface area contributed by atoms with E-state index in [1.807, 2.05) is 92.1 Å². The lowest BCUT2D eigenvalue weighted by molar-refractivity contribution is -0.479. The Morgan fingerprint density at radius 3 is 2.41 bits per heavy atom. The predicted molar refractivity (Wildman–Crippen MR) is 147 cm³/mol. The lowest BCUT2D eigenvalue weighted by Gasteiger charge is -2.16. The van der Waals surface area contributed by atoms with Crippen molar-refractivity contribution in [3.05, 3.63) is 104 Å². The number of hydrogen-bond acceptors (Lipinski definition) is 7. The van der Waals surface area contributed by atoms with Crippen molar-refractivity contribution in [2.24, 2.45) is 0 Å². The summed E-state index contributed by atoms with van der Waals surface area (Å²) in [7, 11) is 0.